The molecule has 2 atom stereocenters. The van der Waals surface area contributed by atoms with E-state index in [0.717, 1.165) is 39.6 Å². The molecule has 0 saturated carbocycles. The van der Waals surface area contributed by atoms with E-state index >= 15 is 0 Å². The molecular weight excluding hydrogens is 370 g/mol. The quantitative estimate of drug-likeness (QED) is 0.703. The van der Waals surface area contributed by atoms with Gasteiger partial charge in [-0.1, -0.05) is 36.4 Å². The Hall–Kier alpha value is -2.73. The van der Waals surface area contributed by atoms with Crippen LogP contribution in [-0.4, -0.2) is 28.0 Å². The summed E-state index contributed by atoms with van der Waals surface area (Å²) < 4.78 is 7.48. The van der Waals surface area contributed by atoms with Crippen molar-refractivity contribution in [3.8, 4) is 11.4 Å². The van der Waals surface area contributed by atoms with Crippen molar-refractivity contribution in [1.29, 1.82) is 0 Å². The SMILES string of the molecule is COc1ccccc1C1SC(C)C(=O)Nc2c1c(C)nn2-c1ccccc1C. The van der Waals surface area contributed by atoms with Crippen LogP contribution >= 0.6 is 11.8 Å². The third-order valence-electron chi connectivity index (χ3n) is 5.08. The number of fused-ring (bicyclic) bond motifs is 1. The van der Waals surface area contributed by atoms with Crippen LogP contribution in [0.5, 0.6) is 5.75 Å². The van der Waals surface area contributed by atoms with Crippen LogP contribution < -0.4 is 10.1 Å². The van der Waals surface area contributed by atoms with Gasteiger partial charge in [0, 0.05) is 11.1 Å². The van der Waals surface area contributed by atoms with Gasteiger partial charge >= 0.3 is 0 Å². The summed E-state index contributed by atoms with van der Waals surface area (Å²) in [7, 11) is 1.68. The van der Waals surface area contributed by atoms with Crippen LogP contribution in [0, 0.1) is 13.8 Å². The summed E-state index contributed by atoms with van der Waals surface area (Å²) in [5.74, 6) is 1.54. The maximum atomic E-state index is 12.8. The number of amides is 1. The molecule has 0 radical (unpaired) electrons. The normalized spacial score (nSPS) is 18.9. The van der Waals surface area contributed by atoms with Crippen molar-refractivity contribution in [2.24, 2.45) is 0 Å². The van der Waals surface area contributed by atoms with Gasteiger partial charge in [0.2, 0.25) is 5.91 Å². The Balaban J connectivity index is 1.96. The number of methoxy groups -OCH3 is 1. The van der Waals surface area contributed by atoms with E-state index < -0.39 is 0 Å². The Morgan fingerprint density at radius 1 is 1.11 bits per heavy atom. The lowest BCUT2D eigenvalue weighted by Crippen LogP contribution is -2.22. The molecule has 0 spiro atoms. The molecule has 1 aromatic heterocycles. The van der Waals surface area contributed by atoms with Gasteiger partial charge in [-0.3, -0.25) is 4.79 Å². The number of aryl methyl sites for hydroxylation is 2. The van der Waals surface area contributed by atoms with Crippen molar-refractivity contribution in [3.05, 3.63) is 70.9 Å². The molecule has 2 heterocycles. The van der Waals surface area contributed by atoms with E-state index in [9.17, 15) is 4.79 Å². The number of nitrogens with one attached hydrogen (secondary N) is 1. The number of hydrogen-bond acceptors (Lipinski definition) is 4. The second-order valence-corrected chi connectivity index (χ2v) is 8.39. The fourth-order valence-electron chi connectivity index (χ4n) is 3.61. The van der Waals surface area contributed by atoms with Crippen LogP contribution in [0.1, 0.15) is 34.6 Å². The molecule has 3 aromatic rings. The van der Waals surface area contributed by atoms with E-state index in [1.165, 1.54) is 0 Å². The van der Waals surface area contributed by atoms with Gasteiger partial charge in [0.05, 0.1) is 29.0 Å². The molecule has 1 aliphatic heterocycles. The molecule has 1 aliphatic rings. The summed E-state index contributed by atoms with van der Waals surface area (Å²) in [6, 6.07) is 16.0. The van der Waals surface area contributed by atoms with E-state index in [-0.39, 0.29) is 16.4 Å². The smallest absolute Gasteiger partial charge is 0.238 e. The topological polar surface area (TPSA) is 56.1 Å². The zero-order chi connectivity index (χ0) is 19.8. The molecule has 2 aromatic carbocycles. The van der Waals surface area contributed by atoms with E-state index in [2.05, 4.69) is 11.4 Å². The van der Waals surface area contributed by atoms with E-state index in [4.69, 9.17) is 9.84 Å². The maximum Gasteiger partial charge on any atom is 0.238 e. The minimum absolute atomic E-state index is 0.0154. The molecule has 2 unspecified atom stereocenters. The summed E-state index contributed by atoms with van der Waals surface area (Å²) in [5.41, 5.74) is 5.03. The number of benzene rings is 2. The minimum Gasteiger partial charge on any atom is -0.496 e. The molecular formula is C22H23N3O2S. The Kier molecular flexibility index (Phi) is 4.89. The van der Waals surface area contributed by atoms with Crippen LogP contribution in [0.25, 0.3) is 5.69 Å². The van der Waals surface area contributed by atoms with Crippen molar-refractivity contribution in [2.75, 3.05) is 12.4 Å². The number of carbonyl (C=O) groups excluding carboxylic acids is 1. The van der Waals surface area contributed by atoms with Crippen LogP contribution in [-0.2, 0) is 4.79 Å². The summed E-state index contributed by atoms with van der Waals surface area (Å²) in [6.07, 6.45) is 0. The van der Waals surface area contributed by atoms with Crippen molar-refractivity contribution >= 4 is 23.5 Å². The van der Waals surface area contributed by atoms with Crippen molar-refractivity contribution in [2.45, 2.75) is 31.3 Å². The van der Waals surface area contributed by atoms with Gasteiger partial charge in [-0.15, -0.1) is 11.8 Å². The highest BCUT2D eigenvalue weighted by Gasteiger charge is 2.35. The predicted octanol–water partition coefficient (Wildman–Crippen LogP) is 4.66. The molecule has 4 rings (SSSR count). The highest BCUT2D eigenvalue weighted by atomic mass is 32.2. The zero-order valence-corrected chi connectivity index (χ0v) is 17.2. The van der Waals surface area contributed by atoms with E-state index in [0.29, 0.717) is 0 Å². The van der Waals surface area contributed by atoms with Gasteiger partial charge in [-0.25, -0.2) is 4.68 Å². The third kappa shape index (κ3) is 3.07. The molecule has 144 valence electrons. The Bertz CT molecular complexity index is 1040. The van der Waals surface area contributed by atoms with Crippen molar-refractivity contribution in [3.63, 3.8) is 0 Å². The van der Waals surface area contributed by atoms with E-state index in [1.54, 1.807) is 18.9 Å². The van der Waals surface area contributed by atoms with Gasteiger partial charge in [0.1, 0.15) is 11.6 Å². The van der Waals surface area contributed by atoms with Crippen LogP contribution in [0.4, 0.5) is 5.82 Å². The first kappa shape index (κ1) is 18.6. The van der Waals surface area contributed by atoms with E-state index in [1.807, 2.05) is 67.9 Å². The molecule has 0 fully saturated rings. The molecule has 28 heavy (non-hydrogen) atoms. The summed E-state index contributed by atoms with van der Waals surface area (Å²) in [4.78, 5) is 12.8. The fraction of sp³-hybridized carbons (Fsp3) is 0.273. The predicted molar refractivity (Wildman–Crippen MR) is 114 cm³/mol. The number of anilines is 1. The summed E-state index contributed by atoms with van der Waals surface area (Å²) >= 11 is 1.62. The maximum absolute atomic E-state index is 12.8. The molecule has 0 bridgehead atoms. The largest absolute Gasteiger partial charge is 0.496 e. The molecule has 0 saturated heterocycles. The monoisotopic (exact) mass is 393 g/mol. The number of para-hydroxylation sites is 2. The summed E-state index contributed by atoms with van der Waals surface area (Å²) in [6.45, 7) is 5.99. The van der Waals surface area contributed by atoms with Gasteiger partial charge in [-0.2, -0.15) is 5.10 Å². The highest BCUT2D eigenvalue weighted by Crippen LogP contribution is 2.48. The van der Waals surface area contributed by atoms with Crippen molar-refractivity contribution in [1.82, 2.24) is 9.78 Å². The Morgan fingerprint density at radius 2 is 1.82 bits per heavy atom. The average molecular weight is 394 g/mol. The third-order valence-corrected chi connectivity index (χ3v) is 6.47. The first-order valence-electron chi connectivity index (χ1n) is 9.26. The average Bonchev–Trinajstić information content (AvgIpc) is 2.94. The fourth-order valence-corrected chi connectivity index (χ4v) is 4.96. The van der Waals surface area contributed by atoms with Gasteiger partial charge < -0.3 is 10.1 Å². The number of thioether (sulfide) groups is 1. The number of aromatic nitrogens is 2. The Morgan fingerprint density at radius 3 is 2.57 bits per heavy atom. The number of rotatable bonds is 3. The molecule has 1 amide bonds. The van der Waals surface area contributed by atoms with Crippen LogP contribution in [0.2, 0.25) is 0 Å². The molecule has 6 heteroatoms. The number of hydrogen-bond donors (Lipinski definition) is 1. The lowest BCUT2D eigenvalue weighted by molar-refractivity contribution is -0.115. The Labute approximate surface area is 169 Å². The van der Waals surface area contributed by atoms with Crippen LogP contribution in [0.3, 0.4) is 0 Å². The summed E-state index contributed by atoms with van der Waals surface area (Å²) in [5, 5.41) is 7.67. The van der Waals surface area contributed by atoms with Crippen LogP contribution in [0.15, 0.2) is 48.5 Å². The van der Waals surface area contributed by atoms with Gasteiger partial charge in [0.15, 0.2) is 0 Å². The van der Waals surface area contributed by atoms with Gasteiger partial charge in [-0.05, 0) is 38.5 Å². The lowest BCUT2D eigenvalue weighted by Gasteiger charge is -2.19. The first-order valence-corrected chi connectivity index (χ1v) is 10.2. The second-order valence-electron chi connectivity index (χ2n) is 6.94. The number of nitrogens with zero attached hydrogens (tertiary/aromatic N) is 2. The number of carbonyl (C=O) groups is 1. The molecule has 5 nitrogen and oxygen atoms in total. The first-order chi connectivity index (χ1) is 13.5. The van der Waals surface area contributed by atoms with Gasteiger partial charge in [0.25, 0.3) is 0 Å². The standard InChI is InChI=1S/C22H23N3O2S/c1-13-9-5-7-11-17(13)25-21-19(14(2)24-25)20(28-15(3)22(26)23-21)16-10-6-8-12-18(16)27-4/h5-12,15,20H,1-4H3,(H,23,26). The zero-order valence-electron chi connectivity index (χ0n) is 16.4. The lowest BCUT2D eigenvalue weighted by atomic mass is 10.0. The second kappa shape index (κ2) is 7.36. The molecule has 1 N–H and O–H groups in total. The highest BCUT2D eigenvalue weighted by molar-refractivity contribution is 8.01. The molecule has 0 aliphatic carbocycles. The number of ether oxygens (including phenoxy) is 1. The van der Waals surface area contributed by atoms with Crippen molar-refractivity contribution < 1.29 is 9.53 Å². The minimum atomic E-state index is -0.202.